The van der Waals surface area contributed by atoms with E-state index in [0.717, 1.165) is 33.8 Å². The molecule has 192 valence electrons. The van der Waals surface area contributed by atoms with Gasteiger partial charge in [-0.1, -0.05) is 18.2 Å². The number of piperidine rings is 1. The summed E-state index contributed by atoms with van der Waals surface area (Å²) in [7, 11) is 0. The molecule has 3 atom stereocenters. The lowest BCUT2D eigenvalue weighted by Crippen LogP contribution is -2.52. The molecular formula is C29H30FN3O3S. The third kappa shape index (κ3) is 3.83. The van der Waals surface area contributed by atoms with Crippen LogP contribution in [0.3, 0.4) is 0 Å². The van der Waals surface area contributed by atoms with Crippen molar-refractivity contribution in [2.75, 3.05) is 0 Å². The molecule has 4 saturated carbocycles. The highest BCUT2D eigenvalue weighted by atomic mass is 32.2. The van der Waals surface area contributed by atoms with Crippen molar-refractivity contribution in [1.29, 1.82) is 0 Å². The minimum absolute atomic E-state index is 0.192. The number of thioether (sulfide) groups is 1. The molecule has 2 N–H and O–H groups in total. The summed E-state index contributed by atoms with van der Waals surface area (Å²) in [5.41, 5.74) is 3.37. The Hall–Kier alpha value is -2.71. The van der Waals surface area contributed by atoms with Crippen molar-refractivity contribution in [2.24, 2.45) is 17.8 Å². The van der Waals surface area contributed by atoms with Crippen LogP contribution in [0.25, 0.3) is 0 Å². The number of carbonyl (C=O) groups is 3. The number of carbonyl (C=O) groups excluding carboxylic acids is 3. The van der Waals surface area contributed by atoms with Crippen LogP contribution in [0, 0.1) is 23.6 Å². The molecule has 3 amide bonds. The van der Waals surface area contributed by atoms with Gasteiger partial charge in [-0.05, 0) is 84.7 Å². The number of amides is 3. The van der Waals surface area contributed by atoms with Gasteiger partial charge in [-0.3, -0.25) is 19.7 Å². The van der Waals surface area contributed by atoms with Crippen molar-refractivity contribution < 1.29 is 18.8 Å². The molecule has 0 spiro atoms. The van der Waals surface area contributed by atoms with E-state index in [-0.39, 0.29) is 24.1 Å². The van der Waals surface area contributed by atoms with E-state index in [2.05, 4.69) is 10.6 Å². The van der Waals surface area contributed by atoms with Crippen LogP contribution in [0.1, 0.15) is 65.6 Å². The predicted molar refractivity (Wildman–Crippen MR) is 137 cm³/mol. The number of hydrogen-bond acceptors (Lipinski definition) is 5. The van der Waals surface area contributed by atoms with E-state index in [0.29, 0.717) is 41.9 Å². The summed E-state index contributed by atoms with van der Waals surface area (Å²) in [4.78, 5) is 39.4. The van der Waals surface area contributed by atoms with E-state index in [1.54, 1.807) is 17.0 Å². The number of nitrogens with one attached hydrogen (secondary N) is 2. The zero-order chi connectivity index (χ0) is 25.3. The molecule has 2 heterocycles. The average molecular weight is 520 g/mol. The van der Waals surface area contributed by atoms with E-state index >= 15 is 4.39 Å². The second-order valence-corrected chi connectivity index (χ2v) is 12.5. The standard InChI is InChI=1S/C29H30FN3O3S/c30-23-8-16(13-31-29-11-18-9-20(29)10-19(18)12-29)4-5-17(23)15-37-25-3-1-2-21-22(25)14-33(28(21)36)24-6-7-26(34)32-27(24)35/h1-5,8,18-20,24,31H,6-7,9-15H2,(H,32,34,35). The Morgan fingerprint density at radius 1 is 1.11 bits per heavy atom. The Balaban J connectivity index is 1.01. The fraction of sp³-hybridized carbons (Fsp3) is 0.483. The third-order valence-corrected chi connectivity index (χ3v) is 10.7. The van der Waals surface area contributed by atoms with Crippen LogP contribution < -0.4 is 10.6 Å². The van der Waals surface area contributed by atoms with Gasteiger partial charge in [0.05, 0.1) is 0 Å². The first-order valence-corrected chi connectivity index (χ1v) is 14.3. The normalized spacial score (nSPS) is 31.5. The number of halogens is 1. The molecule has 8 heteroatoms. The minimum atomic E-state index is -0.640. The van der Waals surface area contributed by atoms with Crippen molar-refractivity contribution in [1.82, 2.24) is 15.5 Å². The molecule has 4 aliphatic carbocycles. The van der Waals surface area contributed by atoms with Gasteiger partial charge in [0.1, 0.15) is 11.9 Å². The molecule has 37 heavy (non-hydrogen) atoms. The Labute approximate surface area is 219 Å². The SMILES string of the molecule is O=C1CCC(N2Cc3c(SCc4ccc(CNC56CC7CC5CC7C6)cc4F)cccc3C2=O)C(=O)N1. The van der Waals surface area contributed by atoms with Gasteiger partial charge in [-0.25, -0.2) is 4.39 Å². The van der Waals surface area contributed by atoms with Gasteiger partial charge in [-0.2, -0.15) is 0 Å². The van der Waals surface area contributed by atoms with Crippen molar-refractivity contribution in [3.8, 4) is 0 Å². The molecule has 4 bridgehead atoms. The van der Waals surface area contributed by atoms with E-state index in [1.165, 1.54) is 37.4 Å². The fourth-order valence-electron chi connectivity index (χ4n) is 7.75. The fourth-order valence-corrected chi connectivity index (χ4v) is 8.82. The Bertz CT molecular complexity index is 1320. The first-order valence-electron chi connectivity index (χ1n) is 13.3. The predicted octanol–water partition coefficient (Wildman–Crippen LogP) is 4.16. The molecule has 1 saturated heterocycles. The van der Waals surface area contributed by atoms with E-state index in [4.69, 9.17) is 0 Å². The Morgan fingerprint density at radius 3 is 2.62 bits per heavy atom. The maximum Gasteiger partial charge on any atom is 0.255 e. The lowest BCUT2D eigenvalue weighted by atomic mass is 9.90. The number of nitrogens with zero attached hydrogens (tertiary/aromatic N) is 1. The van der Waals surface area contributed by atoms with Gasteiger partial charge in [0.25, 0.3) is 5.91 Å². The van der Waals surface area contributed by atoms with Crippen molar-refractivity contribution in [3.63, 3.8) is 0 Å². The third-order valence-electron chi connectivity index (χ3n) is 9.56. The molecule has 6 nitrogen and oxygen atoms in total. The van der Waals surface area contributed by atoms with Gasteiger partial charge in [0, 0.05) is 41.3 Å². The number of hydrogen-bond donors (Lipinski definition) is 2. The Kier molecular flexibility index (Phi) is 5.48. The van der Waals surface area contributed by atoms with Crippen molar-refractivity contribution >= 4 is 29.5 Å². The highest BCUT2D eigenvalue weighted by Gasteiger charge is 2.62. The molecule has 6 aliphatic rings. The zero-order valence-corrected chi connectivity index (χ0v) is 21.4. The largest absolute Gasteiger partial charge is 0.322 e. The molecule has 0 aromatic heterocycles. The van der Waals surface area contributed by atoms with E-state index in [9.17, 15) is 14.4 Å². The van der Waals surface area contributed by atoms with E-state index in [1.807, 2.05) is 24.3 Å². The summed E-state index contributed by atoms with van der Waals surface area (Å²) in [6.45, 7) is 1.03. The van der Waals surface area contributed by atoms with Gasteiger partial charge in [0.2, 0.25) is 11.8 Å². The molecule has 5 fully saturated rings. The van der Waals surface area contributed by atoms with Gasteiger partial charge in [0.15, 0.2) is 0 Å². The van der Waals surface area contributed by atoms with Gasteiger partial charge >= 0.3 is 0 Å². The topological polar surface area (TPSA) is 78.5 Å². The smallest absolute Gasteiger partial charge is 0.255 e. The zero-order valence-electron chi connectivity index (χ0n) is 20.6. The minimum Gasteiger partial charge on any atom is -0.322 e. The summed E-state index contributed by atoms with van der Waals surface area (Å²) in [5.74, 6) is 2.00. The lowest BCUT2D eigenvalue weighted by Gasteiger charge is -2.30. The van der Waals surface area contributed by atoms with Gasteiger partial charge in [-0.15, -0.1) is 11.8 Å². The van der Waals surface area contributed by atoms with Crippen molar-refractivity contribution in [2.45, 2.75) is 73.8 Å². The lowest BCUT2D eigenvalue weighted by molar-refractivity contribution is -0.136. The van der Waals surface area contributed by atoms with Crippen LogP contribution in [0.15, 0.2) is 41.3 Å². The molecule has 2 aromatic carbocycles. The first-order chi connectivity index (χ1) is 17.9. The maximum atomic E-state index is 15.1. The van der Waals surface area contributed by atoms with Crippen LogP contribution >= 0.6 is 11.8 Å². The summed E-state index contributed by atoms with van der Waals surface area (Å²) in [6, 6.07) is 10.5. The summed E-state index contributed by atoms with van der Waals surface area (Å²) in [5, 5.41) is 6.15. The quantitative estimate of drug-likeness (QED) is 0.424. The molecule has 2 aromatic rings. The molecular weight excluding hydrogens is 489 g/mol. The van der Waals surface area contributed by atoms with Crippen molar-refractivity contribution in [3.05, 3.63) is 64.5 Å². The van der Waals surface area contributed by atoms with Crippen LogP contribution in [0.5, 0.6) is 0 Å². The van der Waals surface area contributed by atoms with Gasteiger partial charge < -0.3 is 10.2 Å². The summed E-state index contributed by atoms with van der Waals surface area (Å²) in [6.07, 6.45) is 5.91. The highest BCUT2D eigenvalue weighted by molar-refractivity contribution is 7.98. The summed E-state index contributed by atoms with van der Waals surface area (Å²) < 4.78 is 15.1. The first kappa shape index (κ1) is 23.4. The maximum absolute atomic E-state index is 15.1. The van der Waals surface area contributed by atoms with Crippen LogP contribution in [0.4, 0.5) is 4.39 Å². The van der Waals surface area contributed by atoms with Crippen LogP contribution in [0.2, 0.25) is 0 Å². The molecule has 2 aliphatic heterocycles. The molecule has 8 rings (SSSR count). The van der Waals surface area contributed by atoms with Crippen LogP contribution in [-0.4, -0.2) is 34.2 Å². The molecule has 0 radical (unpaired) electrons. The molecule has 3 unspecified atom stereocenters. The average Bonchev–Trinajstić information content (AvgIpc) is 3.66. The van der Waals surface area contributed by atoms with Crippen LogP contribution in [-0.2, 0) is 28.4 Å². The number of rotatable bonds is 7. The number of imide groups is 1. The monoisotopic (exact) mass is 519 g/mol. The second-order valence-electron chi connectivity index (χ2n) is 11.5. The summed E-state index contributed by atoms with van der Waals surface area (Å²) >= 11 is 1.51. The Morgan fingerprint density at radius 2 is 1.92 bits per heavy atom. The highest BCUT2D eigenvalue weighted by Crippen LogP contribution is 2.65. The number of fused-ring (bicyclic) bond motifs is 1. The van der Waals surface area contributed by atoms with E-state index < -0.39 is 11.9 Å². The second kappa shape index (κ2) is 8.67. The number of benzene rings is 2.